The van der Waals surface area contributed by atoms with E-state index in [1.165, 1.54) is 7.11 Å². The van der Waals surface area contributed by atoms with Gasteiger partial charge in [-0.2, -0.15) is 0 Å². The topological polar surface area (TPSA) is 44.8 Å². The molecule has 0 aliphatic heterocycles. The fourth-order valence-corrected chi connectivity index (χ4v) is 1.97. The van der Waals surface area contributed by atoms with Crippen LogP contribution in [0, 0.1) is 5.92 Å². The molecule has 0 aliphatic carbocycles. The van der Waals surface area contributed by atoms with Crippen LogP contribution in [0.5, 0.6) is 11.5 Å². The van der Waals surface area contributed by atoms with Crippen LogP contribution < -0.4 is 9.47 Å². The predicted molar refractivity (Wildman–Crippen MR) is 69.1 cm³/mol. The molecule has 4 heteroatoms. The molecule has 0 radical (unpaired) electrons. The monoisotopic (exact) mass is 252 g/mol. The van der Waals surface area contributed by atoms with Gasteiger partial charge in [0, 0.05) is 5.56 Å². The third-order valence-electron chi connectivity index (χ3n) is 2.89. The molecule has 0 fully saturated rings. The summed E-state index contributed by atoms with van der Waals surface area (Å²) in [7, 11) is 4.57. The zero-order valence-electron chi connectivity index (χ0n) is 11.5. The van der Waals surface area contributed by atoms with Crippen LogP contribution >= 0.6 is 0 Å². The van der Waals surface area contributed by atoms with Gasteiger partial charge in [-0.25, -0.2) is 0 Å². The molecule has 0 aromatic heterocycles. The molecule has 4 nitrogen and oxygen atoms in total. The molecule has 100 valence electrons. The third kappa shape index (κ3) is 2.94. The Bertz CT molecular complexity index is 412. The van der Waals surface area contributed by atoms with E-state index in [0.717, 1.165) is 5.56 Å². The second-order valence-corrected chi connectivity index (χ2v) is 4.35. The second-order valence-electron chi connectivity index (χ2n) is 4.35. The van der Waals surface area contributed by atoms with Crippen LogP contribution in [-0.4, -0.2) is 27.3 Å². The molecule has 0 aliphatic rings. The highest BCUT2D eigenvalue weighted by atomic mass is 16.5. The van der Waals surface area contributed by atoms with Crippen LogP contribution in [0.25, 0.3) is 0 Å². The number of hydrogen-bond donors (Lipinski definition) is 0. The molecule has 1 aromatic carbocycles. The molecule has 0 bridgehead atoms. The zero-order chi connectivity index (χ0) is 13.7. The van der Waals surface area contributed by atoms with Crippen LogP contribution in [0.1, 0.15) is 25.3 Å². The Morgan fingerprint density at radius 2 is 1.78 bits per heavy atom. The average molecular weight is 252 g/mol. The lowest BCUT2D eigenvalue weighted by molar-refractivity contribution is -0.143. The number of carbonyl (C=O) groups excluding carboxylic acids is 1. The van der Waals surface area contributed by atoms with Crippen molar-refractivity contribution in [1.29, 1.82) is 0 Å². The van der Waals surface area contributed by atoms with Crippen molar-refractivity contribution in [3.8, 4) is 11.5 Å². The summed E-state index contributed by atoms with van der Waals surface area (Å²) < 4.78 is 15.4. The number of methoxy groups -OCH3 is 3. The van der Waals surface area contributed by atoms with Gasteiger partial charge in [0.25, 0.3) is 0 Å². The van der Waals surface area contributed by atoms with E-state index in [-0.39, 0.29) is 17.8 Å². The van der Waals surface area contributed by atoms with Crippen molar-refractivity contribution < 1.29 is 19.0 Å². The van der Waals surface area contributed by atoms with Gasteiger partial charge < -0.3 is 14.2 Å². The first-order valence-corrected chi connectivity index (χ1v) is 5.84. The summed E-state index contributed by atoms with van der Waals surface area (Å²) in [5.41, 5.74) is 0.790. The number of ether oxygens (including phenoxy) is 3. The lowest BCUT2D eigenvalue weighted by Crippen LogP contribution is -2.20. The van der Waals surface area contributed by atoms with Gasteiger partial charge in [-0.3, -0.25) is 4.79 Å². The highest BCUT2D eigenvalue weighted by molar-refractivity contribution is 5.79. The van der Waals surface area contributed by atoms with E-state index in [2.05, 4.69) is 0 Å². The molecule has 0 saturated heterocycles. The highest BCUT2D eigenvalue weighted by Gasteiger charge is 2.28. The first kappa shape index (κ1) is 14.4. The summed E-state index contributed by atoms with van der Waals surface area (Å²) in [4.78, 5) is 11.9. The highest BCUT2D eigenvalue weighted by Crippen LogP contribution is 2.35. The molecule has 0 amide bonds. The Balaban J connectivity index is 3.28. The van der Waals surface area contributed by atoms with Crippen molar-refractivity contribution >= 4 is 5.97 Å². The molecule has 1 aromatic rings. The minimum atomic E-state index is -0.361. The molecule has 1 rings (SSSR count). The number of esters is 1. The van der Waals surface area contributed by atoms with Gasteiger partial charge in [-0.1, -0.05) is 13.8 Å². The smallest absolute Gasteiger partial charge is 0.313 e. The molecule has 0 saturated carbocycles. The van der Waals surface area contributed by atoms with Crippen molar-refractivity contribution in [1.82, 2.24) is 0 Å². The molecule has 18 heavy (non-hydrogen) atoms. The molecular weight excluding hydrogens is 232 g/mol. The van der Waals surface area contributed by atoms with Gasteiger partial charge in [0.2, 0.25) is 0 Å². The lowest BCUT2D eigenvalue weighted by atomic mass is 9.87. The Kier molecular flexibility index (Phi) is 5.01. The Morgan fingerprint density at radius 3 is 2.22 bits per heavy atom. The van der Waals surface area contributed by atoms with Crippen LogP contribution in [0.15, 0.2) is 18.2 Å². The quantitative estimate of drug-likeness (QED) is 0.756. The summed E-state index contributed by atoms with van der Waals surface area (Å²) in [6, 6.07) is 5.42. The number of carbonyl (C=O) groups is 1. The van der Waals surface area contributed by atoms with Crippen LogP contribution in [-0.2, 0) is 9.53 Å². The summed E-state index contributed by atoms with van der Waals surface area (Å²) >= 11 is 0. The summed E-state index contributed by atoms with van der Waals surface area (Å²) in [6.45, 7) is 3.95. The first-order chi connectivity index (χ1) is 8.54. The van der Waals surface area contributed by atoms with Crippen LogP contribution in [0.3, 0.4) is 0 Å². The SMILES string of the molecule is COC(=O)C(c1cc(OC)ccc1OC)C(C)C. The average Bonchev–Trinajstić information content (AvgIpc) is 2.38. The molecule has 0 N–H and O–H groups in total. The molecular formula is C14H20O4. The summed E-state index contributed by atoms with van der Waals surface area (Å²) in [6.07, 6.45) is 0. The number of benzene rings is 1. The number of hydrogen-bond acceptors (Lipinski definition) is 4. The fourth-order valence-electron chi connectivity index (χ4n) is 1.97. The third-order valence-corrected chi connectivity index (χ3v) is 2.89. The van der Waals surface area contributed by atoms with Gasteiger partial charge in [0.05, 0.1) is 27.2 Å². The summed E-state index contributed by atoms with van der Waals surface area (Å²) in [5, 5.41) is 0. The van der Waals surface area contributed by atoms with Crippen LogP contribution in [0.2, 0.25) is 0 Å². The predicted octanol–water partition coefficient (Wildman–Crippen LogP) is 2.62. The molecule has 0 spiro atoms. The first-order valence-electron chi connectivity index (χ1n) is 5.84. The maximum Gasteiger partial charge on any atom is 0.313 e. The molecule has 1 atom stereocenters. The largest absolute Gasteiger partial charge is 0.497 e. The van der Waals surface area contributed by atoms with E-state index in [4.69, 9.17) is 14.2 Å². The van der Waals surface area contributed by atoms with E-state index in [1.54, 1.807) is 26.4 Å². The summed E-state index contributed by atoms with van der Waals surface area (Å²) in [5.74, 6) is 0.843. The van der Waals surface area contributed by atoms with E-state index in [0.29, 0.717) is 11.5 Å². The van der Waals surface area contributed by atoms with E-state index < -0.39 is 0 Å². The van der Waals surface area contributed by atoms with Gasteiger partial charge >= 0.3 is 5.97 Å². The standard InChI is InChI=1S/C14H20O4/c1-9(2)13(14(15)18-5)11-8-10(16-3)6-7-12(11)17-4/h6-9,13H,1-5H3. The fraction of sp³-hybridized carbons (Fsp3) is 0.500. The maximum atomic E-state index is 11.9. The van der Waals surface area contributed by atoms with Crippen molar-refractivity contribution in [3.63, 3.8) is 0 Å². The van der Waals surface area contributed by atoms with Crippen molar-refractivity contribution in [3.05, 3.63) is 23.8 Å². The number of rotatable bonds is 5. The Labute approximate surface area is 108 Å². The van der Waals surface area contributed by atoms with Crippen molar-refractivity contribution in [2.24, 2.45) is 5.92 Å². The molecule has 0 heterocycles. The van der Waals surface area contributed by atoms with E-state index in [1.807, 2.05) is 19.9 Å². The van der Waals surface area contributed by atoms with E-state index >= 15 is 0 Å². The van der Waals surface area contributed by atoms with Crippen LogP contribution in [0.4, 0.5) is 0 Å². The Morgan fingerprint density at radius 1 is 1.11 bits per heavy atom. The maximum absolute atomic E-state index is 11.9. The van der Waals surface area contributed by atoms with Crippen molar-refractivity contribution in [2.75, 3.05) is 21.3 Å². The lowest BCUT2D eigenvalue weighted by Gasteiger charge is -2.21. The molecule has 1 unspecified atom stereocenters. The normalized spacial score (nSPS) is 12.1. The van der Waals surface area contributed by atoms with Gasteiger partial charge in [-0.05, 0) is 24.1 Å². The van der Waals surface area contributed by atoms with Gasteiger partial charge in [0.1, 0.15) is 11.5 Å². The minimum absolute atomic E-state index is 0.110. The minimum Gasteiger partial charge on any atom is -0.497 e. The van der Waals surface area contributed by atoms with E-state index in [9.17, 15) is 4.79 Å². The van der Waals surface area contributed by atoms with Gasteiger partial charge in [0.15, 0.2) is 0 Å². The van der Waals surface area contributed by atoms with Crippen molar-refractivity contribution in [2.45, 2.75) is 19.8 Å². The second kappa shape index (κ2) is 6.28. The van der Waals surface area contributed by atoms with Gasteiger partial charge in [-0.15, -0.1) is 0 Å². The zero-order valence-corrected chi connectivity index (χ0v) is 11.5. The Hall–Kier alpha value is -1.71.